The molecule has 2 rings (SSSR count). The molecule has 90 valence electrons. The number of rotatable bonds is 3. The van der Waals surface area contributed by atoms with Crippen molar-refractivity contribution >= 4 is 28.5 Å². The van der Waals surface area contributed by atoms with Crippen molar-refractivity contribution in [3.63, 3.8) is 0 Å². The van der Waals surface area contributed by atoms with Crippen LogP contribution in [0.25, 0.3) is 5.69 Å². The Bertz CT molecular complexity index is 500. The number of nitrogens with zero attached hydrogens (tertiary/aromatic N) is 2. The molecule has 0 spiro atoms. The van der Waals surface area contributed by atoms with Crippen LogP contribution in [0, 0.1) is 10.5 Å². The maximum absolute atomic E-state index is 4.50. The molecular weight excluding hydrogens is 325 g/mol. The van der Waals surface area contributed by atoms with Crippen molar-refractivity contribution < 1.29 is 0 Å². The zero-order valence-electron chi connectivity index (χ0n) is 10.2. The van der Waals surface area contributed by atoms with Gasteiger partial charge in [0, 0.05) is 21.5 Å². The summed E-state index contributed by atoms with van der Waals surface area (Å²) in [4.78, 5) is 4.50. The zero-order valence-corrected chi connectivity index (χ0v) is 12.4. The number of aryl methyl sites for hydroxylation is 1. The van der Waals surface area contributed by atoms with Gasteiger partial charge in [0.2, 0.25) is 5.95 Å². The molecule has 0 aliphatic rings. The maximum Gasteiger partial charge on any atom is 0.207 e. The van der Waals surface area contributed by atoms with E-state index in [2.05, 4.69) is 75.6 Å². The molecule has 1 N–H and O–H groups in total. The molecule has 0 saturated heterocycles. The fourth-order valence-electron chi connectivity index (χ4n) is 1.66. The lowest BCUT2D eigenvalue weighted by Gasteiger charge is -2.12. The van der Waals surface area contributed by atoms with E-state index in [1.165, 1.54) is 3.57 Å². The van der Waals surface area contributed by atoms with Gasteiger partial charge in [-0.15, -0.1) is 0 Å². The van der Waals surface area contributed by atoms with Gasteiger partial charge in [-0.1, -0.05) is 0 Å². The fraction of sp³-hybridized carbons (Fsp3) is 0.308. The van der Waals surface area contributed by atoms with Crippen molar-refractivity contribution in [2.24, 2.45) is 0 Å². The number of benzene rings is 1. The van der Waals surface area contributed by atoms with Crippen molar-refractivity contribution in [1.29, 1.82) is 0 Å². The molecule has 1 aromatic carbocycles. The molecule has 0 saturated carbocycles. The van der Waals surface area contributed by atoms with Gasteiger partial charge in [-0.25, -0.2) is 4.98 Å². The molecule has 0 bridgehead atoms. The second-order valence-corrected chi connectivity index (χ2v) is 5.60. The predicted octanol–water partition coefficient (Wildman–Crippen LogP) is 3.61. The summed E-state index contributed by atoms with van der Waals surface area (Å²) in [5.74, 6) is 0.902. The Hall–Kier alpha value is -1.04. The van der Waals surface area contributed by atoms with Gasteiger partial charge in [0.05, 0.1) is 5.69 Å². The summed E-state index contributed by atoms with van der Waals surface area (Å²) >= 11 is 2.31. The van der Waals surface area contributed by atoms with Gasteiger partial charge in [0.25, 0.3) is 0 Å². The number of aromatic nitrogens is 2. The standard InChI is InChI=1S/C13H16IN3/c1-9(2)15-13-16-10(3)8-17(13)12-6-4-11(14)5-7-12/h4-9H,1-3H3,(H,15,16). The van der Waals surface area contributed by atoms with Crippen molar-refractivity contribution in [2.45, 2.75) is 26.8 Å². The molecule has 0 aliphatic carbocycles. The average Bonchev–Trinajstić information content (AvgIpc) is 2.59. The quantitative estimate of drug-likeness (QED) is 0.865. The topological polar surface area (TPSA) is 29.9 Å². The van der Waals surface area contributed by atoms with Crippen LogP contribution in [0.1, 0.15) is 19.5 Å². The van der Waals surface area contributed by atoms with Gasteiger partial charge in [0.15, 0.2) is 0 Å². The smallest absolute Gasteiger partial charge is 0.207 e. The molecule has 3 nitrogen and oxygen atoms in total. The first-order chi connectivity index (χ1) is 8.06. The van der Waals surface area contributed by atoms with Gasteiger partial charge in [-0.2, -0.15) is 0 Å². The molecule has 1 heterocycles. The molecule has 1 aromatic heterocycles. The summed E-state index contributed by atoms with van der Waals surface area (Å²) in [5.41, 5.74) is 2.15. The largest absolute Gasteiger partial charge is 0.353 e. The Morgan fingerprint density at radius 3 is 2.47 bits per heavy atom. The maximum atomic E-state index is 4.50. The number of nitrogens with one attached hydrogen (secondary N) is 1. The van der Waals surface area contributed by atoms with Gasteiger partial charge >= 0.3 is 0 Å². The summed E-state index contributed by atoms with van der Waals surface area (Å²) < 4.78 is 3.33. The van der Waals surface area contributed by atoms with Gasteiger partial charge in [-0.3, -0.25) is 4.57 Å². The number of imidazole rings is 1. The first-order valence-corrected chi connectivity index (χ1v) is 6.72. The van der Waals surface area contributed by atoms with Crippen LogP contribution in [0.3, 0.4) is 0 Å². The lowest BCUT2D eigenvalue weighted by Crippen LogP contribution is -2.13. The molecule has 17 heavy (non-hydrogen) atoms. The predicted molar refractivity (Wildman–Crippen MR) is 79.8 cm³/mol. The first-order valence-electron chi connectivity index (χ1n) is 5.65. The SMILES string of the molecule is Cc1cn(-c2ccc(I)cc2)c(NC(C)C)n1. The molecular formula is C13H16IN3. The summed E-state index contributed by atoms with van der Waals surface area (Å²) in [5, 5.41) is 3.36. The van der Waals surface area contributed by atoms with E-state index in [-0.39, 0.29) is 0 Å². The summed E-state index contributed by atoms with van der Waals surface area (Å²) in [7, 11) is 0. The molecule has 0 radical (unpaired) electrons. The minimum absolute atomic E-state index is 0.374. The summed E-state index contributed by atoms with van der Waals surface area (Å²) in [6.45, 7) is 6.24. The number of halogens is 1. The van der Waals surface area contributed by atoms with Gasteiger partial charge in [-0.05, 0) is 67.6 Å². The lowest BCUT2D eigenvalue weighted by molar-refractivity contribution is 0.864. The van der Waals surface area contributed by atoms with Gasteiger partial charge < -0.3 is 5.32 Å². The summed E-state index contributed by atoms with van der Waals surface area (Å²) in [6, 6.07) is 8.79. The van der Waals surface area contributed by atoms with Crippen LogP contribution in [-0.2, 0) is 0 Å². The van der Waals surface area contributed by atoms with E-state index in [0.717, 1.165) is 17.3 Å². The van der Waals surface area contributed by atoms with E-state index in [0.29, 0.717) is 6.04 Å². The van der Waals surface area contributed by atoms with Crippen LogP contribution in [-0.4, -0.2) is 15.6 Å². The van der Waals surface area contributed by atoms with E-state index >= 15 is 0 Å². The van der Waals surface area contributed by atoms with E-state index in [9.17, 15) is 0 Å². The van der Waals surface area contributed by atoms with Crippen molar-refractivity contribution in [2.75, 3.05) is 5.32 Å². The van der Waals surface area contributed by atoms with Crippen molar-refractivity contribution in [3.8, 4) is 5.69 Å². The minimum Gasteiger partial charge on any atom is -0.353 e. The lowest BCUT2D eigenvalue weighted by atomic mass is 10.3. The zero-order chi connectivity index (χ0) is 12.4. The highest BCUT2D eigenvalue weighted by atomic mass is 127. The Morgan fingerprint density at radius 2 is 1.88 bits per heavy atom. The second kappa shape index (κ2) is 5.08. The second-order valence-electron chi connectivity index (χ2n) is 4.35. The molecule has 4 heteroatoms. The first kappa shape index (κ1) is 12.4. The molecule has 0 amide bonds. The monoisotopic (exact) mass is 341 g/mol. The summed E-state index contributed by atoms with van der Waals surface area (Å²) in [6.07, 6.45) is 2.05. The third-order valence-electron chi connectivity index (χ3n) is 2.35. The van der Waals surface area contributed by atoms with Crippen LogP contribution in [0.2, 0.25) is 0 Å². The van der Waals surface area contributed by atoms with Crippen LogP contribution in [0.5, 0.6) is 0 Å². The van der Waals surface area contributed by atoms with Crippen LogP contribution >= 0.6 is 22.6 Å². The third-order valence-corrected chi connectivity index (χ3v) is 3.07. The van der Waals surface area contributed by atoms with Crippen LogP contribution < -0.4 is 5.32 Å². The van der Waals surface area contributed by atoms with Gasteiger partial charge in [0.1, 0.15) is 0 Å². The Labute approximate surface area is 115 Å². The molecule has 0 unspecified atom stereocenters. The number of anilines is 1. The Morgan fingerprint density at radius 1 is 1.24 bits per heavy atom. The van der Waals surface area contributed by atoms with Crippen molar-refractivity contribution in [1.82, 2.24) is 9.55 Å². The van der Waals surface area contributed by atoms with Crippen molar-refractivity contribution in [3.05, 3.63) is 39.7 Å². The number of hydrogen-bond acceptors (Lipinski definition) is 2. The number of hydrogen-bond donors (Lipinski definition) is 1. The normalized spacial score (nSPS) is 10.9. The Balaban J connectivity index is 2.40. The van der Waals surface area contributed by atoms with E-state index in [1.54, 1.807) is 0 Å². The highest BCUT2D eigenvalue weighted by Gasteiger charge is 2.08. The molecule has 0 fully saturated rings. The van der Waals surface area contributed by atoms with E-state index in [4.69, 9.17) is 0 Å². The van der Waals surface area contributed by atoms with E-state index in [1.807, 2.05) is 13.1 Å². The fourth-order valence-corrected chi connectivity index (χ4v) is 2.02. The minimum atomic E-state index is 0.374. The third kappa shape index (κ3) is 3.00. The Kier molecular flexibility index (Phi) is 3.71. The molecule has 2 aromatic rings. The highest BCUT2D eigenvalue weighted by Crippen LogP contribution is 2.18. The van der Waals surface area contributed by atoms with E-state index < -0.39 is 0 Å². The van der Waals surface area contributed by atoms with Crippen LogP contribution in [0.15, 0.2) is 30.5 Å². The average molecular weight is 341 g/mol. The highest BCUT2D eigenvalue weighted by molar-refractivity contribution is 14.1. The molecule has 0 aliphatic heterocycles. The van der Waals surface area contributed by atoms with Crippen LogP contribution in [0.4, 0.5) is 5.95 Å². The molecule has 0 atom stereocenters.